The predicted octanol–water partition coefficient (Wildman–Crippen LogP) is 3.56. The molecule has 0 spiro atoms. The summed E-state index contributed by atoms with van der Waals surface area (Å²) >= 11 is 6.17. The number of anilines is 1. The minimum atomic E-state index is 0.384. The van der Waals surface area contributed by atoms with E-state index in [1.807, 2.05) is 0 Å². The fourth-order valence-corrected chi connectivity index (χ4v) is 3.67. The molecule has 0 aliphatic heterocycles. The summed E-state index contributed by atoms with van der Waals surface area (Å²) in [6.45, 7) is 1.01. The lowest BCUT2D eigenvalue weighted by Gasteiger charge is -2.15. The summed E-state index contributed by atoms with van der Waals surface area (Å²) in [6, 6.07) is 0. The van der Waals surface area contributed by atoms with Gasteiger partial charge < -0.3 is 5.32 Å². The molecule has 2 atom stereocenters. The Bertz CT molecular complexity index is 435. The summed E-state index contributed by atoms with van der Waals surface area (Å²) in [6.07, 6.45) is 11.3. The molecule has 1 aromatic heterocycles. The summed E-state index contributed by atoms with van der Waals surface area (Å²) in [5.74, 6) is 1.78. The van der Waals surface area contributed by atoms with Crippen molar-refractivity contribution >= 4 is 17.4 Å². The van der Waals surface area contributed by atoms with Crippen molar-refractivity contribution in [3.8, 4) is 0 Å². The first-order valence-electron chi connectivity index (χ1n) is 7.53. The number of aromatic nitrogens is 2. The van der Waals surface area contributed by atoms with Crippen LogP contribution in [0.4, 0.5) is 5.82 Å². The molecule has 4 heteroatoms. The molecule has 0 saturated heterocycles. The van der Waals surface area contributed by atoms with Gasteiger partial charge >= 0.3 is 0 Å². The zero-order valence-corrected chi connectivity index (χ0v) is 12.1. The largest absolute Gasteiger partial charge is 0.369 e. The van der Waals surface area contributed by atoms with E-state index in [0.29, 0.717) is 11.3 Å². The van der Waals surface area contributed by atoms with Crippen LogP contribution in [0, 0.1) is 5.92 Å². The standard InChI is InChI=1S/C15H22ClN3/c16-12-7-6-11(8-12)9-17-15-13-4-2-1-3-5-14(13)18-10-19-15/h10-12H,1-9H2,(H,17,18,19). The van der Waals surface area contributed by atoms with Crippen molar-refractivity contribution in [1.82, 2.24) is 9.97 Å². The van der Waals surface area contributed by atoms with E-state index < -0.39 is 0 Å². The molecule has 0 radical (unpaired) electrons. The van der Waals surface area contributed by atoms with Crippen molar-refractivity contribution in [3.05, 3.63) is 17.6 Å². The van der Waals surface area contributed by atoms with Gasteiger partial charge in [-0.15, -0.1) is 11.6 Å². The summed E-state index contributed by atoms with van der Waals surface area (Å²) in [4.78, 5) is 8.92. The lowest BCUT2D eigenvalue weighted by atomic mass is 10.1. The van der Waals surface area contributed by atoms with E-state index in [1.165, 1.54) is 36.9 Å². The summed E-state index contributed by atoms with van der Waals surface area (Å²) < 4.78 is 0. The molecule has 0 bridgehead atoms. The first-order valence-corrected chi connectivity index (χ1v) is 7.97. The highest BCUT2D eigenvalue weighted by Gasteiger charge is 2.23. The van der Waals surface area contributed by atoms with Gasteiger partial charge in [0.05, 0.1) is 0 Å². The molecule has 1 saturated carbocycles. The molecule has 2 unspecified atom stereocenters. The van der Waals surface area contributed by atoms with Crippen molar-refractivity contribution in [3.63, 3.8) is 0 Å². The Hall–Kier alpha value is -0.830. The highest BCUT2D eigenvalue weighted by Crippen LogP contribution is 2.30. The SMILES string of the molecule is ClC1CCC(CNc2ncnc3c2CCCCC3)C1. The smallest absolute Gasteiger partial charge is 0.132 e. The Morgan fingerprint density at radius 3 is 2.89 bits per heavy atom. The summed E-state index contributed by atoms with van der Waals surface area (Å²) in [5, 5.41) is 3.94. The van der Waals surface area contributed by atoms with E-state index in [9.17, 15) is 0 Å². The lowest BCUT2D eigenvalue weighted by Crippen LogP contribution is -2.15. The third-order valence-corrected chi connectivity index (χ3v) is 4.81. The molecule has 2 aliphatic carbocycles. The van der Waals surface area contributed by atoms with Crippen LogP contribution in [0.2, 0.25) is 0 Å². The topological polar surface area (TPSA) is 37.8 Å². The van der Waals surface area contributed by atoms with Crippen LogP contribution in [0.1, 0.15) is 49.8 Å². The maximum atomic E-state index is 6.17. The number of fused-ring (bicyclic) bond motifs is 1. The highest BCUT2D eigenvalue weighted by molar-refractivity contribution is 6.20. The average molecular weight is 280 g/mol. The van der Waals surface area contributed by atoms with Crippen LogP contribution in [0.25, 0.3) is 0 Å². The van der Waals surface area contributed by atoms with E-state index in [0.717, 1.165) is 38.0 Å². The van der Waals surface area contributed by atoms with Crippen molar-refractivity contribution in [2.75, 3.05) is 11.9 Å². The van der Waals surface area contributed by atoms with Crippen LogP contribution in [-0.4, -0.2) is 21.9 Å². The molecular formula is C15H22ClN3. The van der Waals surface area contributed by atoms with Crippen molar-refractivity contribution in [2.45, 2.75) is 56.7 Å². The monoisotopic (exact) mass is 279 g/mol. The van der Waals surface area contributed by atoms with Crippen LogP contribution >= 0.6 is 11.6 Å². The molecule has 19 heavy (non-hydrogen) atoms. The summed E-state index contributed by atoms with van der Waals surface area (Å²) in [5.41, 5.74) is 2.62. The van der Waals surface area contributed by atoms with E-state index >= 15 is 0 Å². The molecular weight excluding hydrogens is 258 g/mol. The maximum Gasteiger partial charge on any atom is 0.132 e. The van der Waals surface area contributed by atoms with Crippen LogP contribution in [0.3, 0.4) is 0 Å². The van der Waals surface area contributed by atoms with E-state index in [-0.39, 0.29) is 0 Å². The molecule has 0 amide bonds. The number of aryl methyl sites for hydroxylation is 1. The van der Waals surface area contributed by atoms with Gasteiger partial charge in [-0.25, -0.2) is 9.97 Å². The predicted molar refractivity (Wildman–Crippen MR) is 78.8 cm³/mol. The molecule has 2 aliphatic rings. The molecule has 104 valence electrons. The molecule has 1 aromatic rings. The number of rotatable bonds is 3. The van der Waals surface area contributed by atoms with Crippen molar-refractivity contribution in [1.29, 1.82) is 0 Å². The third-order valence-electron chi connectivity index (χ3n) is 4.41. The van der Waals surface area contributed by atoms with Crippen molar-refractivity contribution in [2.24, 2.45) is 5.92 Å². The molecule has 1 fully saturated rings. The lowest BCUT2D eigenvalue weighted by molar-refractivity contribution is 0.579. The number of nitrogens with one attached hydrogen (secondary N) is 1. The second kappa shape index (κ2) is 6.08. The van der Waals surface area contributed by atoms with E-state index in [1.54, 1.807) is 6.33 Å². The Kier molecular flexibility index (Phi) is 4.21. The summed E-state index contributed by atoms with van der Waals surface area (Å²) in [7, 11) is 0. The fraction of sp³-hybridized carbons (Fsp3) is 0.733. The first kappa shape index (κ1) is 13.2. The Morgan fingerprint density at radius 2 is 2.05 bits per heavy atom. The van der Waals surface area contributed by atoms with Crippen LogP contribution in [0.15, 0.2) is 6.33 Å². The number of hydrogen-bond acceptors (Lipinski definition) is 3. The second-order valence-electron chi connectivity index (χ2n) is 5.87. The maximum absolute atomic E-state index is 6.17. The number of alkyl halides is 1. The molecule has 3 nitrogen and oxygen atoms in total. The van der Waals surface area contributed by atoms with Crippen LogP contribution < -0.4 is 5.32 Å². The van der Waals surface area contributed by atoms with Gasteiger partial charge in [0.1, 0.15) is 12.1 Å². The van der Waals surface area contributed by atoms with Gasteiger partial charge in [0.25, 0.3) is 0 Å². The van der Waals surface area contributed by atoms with Crippen LogP contribution in [-0.2, 0) is 12.8 Å². The van der Waals surface area contributed by atoms with Gasteiger partial charge in [-0.05, 0) is 50.9 Å². The zero-order valence-electron chi connectivity index (χ0n) is 11.4. The van der Waals surface area contributed by atoms with Gasteiger partial charge in [-0.1, -0.05) is 6.42 Å². The quantitative estimate of drug-likeness (QED) is 0.679. The van der Waals surface area contributed by atoms with E-state index in [2.05, 4.69) is 15.3 Å². The normalized spacial score (nSPS) is 26.8. The number of halogens is 1. The van der Waals surface area contributed by atoms with E-state index in [4.69, 9.17) is 11.6 Å². The van der Waals surface area contributed by atoms with Gasteiger partial charge in [0.2, 0.25) is 0 Å². The Morgan fingerprint density at radius 1 is 1.16 bits per heavy atom. The zero-order chi connectivity index (χ0) is 13.1. The molecule has 1 N–H and O–H groups in total. The first-order chi connectivity index (χ1) is 9.33. The fourth-order valence-electron chi connectivity index (χ4n) is 3.29. The third kappa shape index (κ3) is 3.19. The molecule has 3 rings (SSSR count). The number of nitrogens with zero attached hydrogens (tertiary/aromatic N) is 2. The van der Waals surface area contributed by atoms with Crippen molar-refractivity contribution < 1.29 is 0 Å². The minimum absolute atomic E-state index is 0.384. The van der Waals surface area contributed by atoms with Gasteiger partial charge in [-0.2, -0.15) is 0 Å². The molecule has 1 heterocycles. The average Bonchev–Trinajstić information content (AvgIpc) is 2.69. The van der Waals surface area contributed by atoms with Gasteiger partial charge in [-0.3, -0.25) is 0 Å². The highest BCUT2D eigenvalue weighted by atomic mass is 35.5. The second-order valence-corrected chi connectivity index (χ2v) is 6.48. The van der Waals surface area contributed by atoms with Gasteiger partial charge in [0, 0.05) is 23.2 Å². The van der Waals surface area contributed by atoms with Gasteiger partial charge in [0.15, 0.2) is 0 Å². The molecule has 0 aromatic carbocycles. The minimum Gasteiger partial charge on any atom is -0.369 e. The number of hydrogen-bond donors (Lipinski definition) is 1. The Balaban J connectivity index is 1.67. The Labute approximate surface area is 120 Å². The van der Waals surface area contributed by atoms with Crippen LogP contribution in [0.5, 0.6) is 0 Å².